The molecular formula is C12H27NO3. The van der Waals surface area contributed by atoms with Crippen LogP contribution in [0, 0.1) is 0 Å². The first-order valence-electron chi connectivity index (χ1n) is 6.21. The molecule has 0 radical (unpaired) electrons. The van der Waals surface area contributed by atoms with E-state index in [4.69, 9.17) is 19.9 Å². The molecular weight excluding hydrogens is 206 g/mol. The highest BCUT2D eigenvalue weighted by molar-refractivity contribution is 4.57. The molecule has 0 aromatic carbocycles. The van der Waals surface area contributed by atoms with E-state index in [0.29, 0.717) is 19.3 Å². The van der Waals surface area contributed by atoms with Crippen LogP contribution in [0.25, 0.3) is 0 Å². The average molecular weight is 233 g/mol. The van der Waals surface area contributed by atoms with Gasteiger partial charge in [-0.25, -0.2) is 0 Å². The second-order valence-corrected chi connectivity index (χ2v) is 3.88. The highest BCUT2D eigenvalue weighted by atomic mass is 16.5. The molecule has 0 rings (SSSR count). The summed E-state index contributed by atoms with van der Waals surface area (Å²) >= 11 is 0. The van der Waals surface area contributed by atoms with Crippen molar-refractivity contribution in [2.75, 3.05) is 40.1 Å². The van der Waals surface area contributed by atoms with E-state index >= 15 is 0 Å². The highest BCUT2D eigenvalue weighted by Gasteiger charge is 1.98. The van der Waals surface area contributed by atoms with Crippen LogP contribution in [0.3, 0.4) is 0 Å². The molecule has 0 aliphatic heterocycles. The van der Waals surface area contributed by atoms with E-state index < -0.39 is 0 Å². The van der Waals surface area contributed by atoms with Gasteiger partial charge >= 0.3 is 0 Å². The van der Waals surface area contributed by atoms with Crippen LogP contribution in [0.5, 0.6) is 0 Å². The van der Waals surface area contributed by atoms with Gasteiger partial charge in [-0.2, -0.15) is 0 Å². The Bertz CT molecular complexity index is 133. The molecule has 98 valence electrons. The lowest BCUT2D eigenvalue weighted by molar-refractivity contribution is 0.0507. The maximum Gasteiger partial charge on any atom is 0.0700 e. The predicted molar refractivity (Wildman–Crippen MR) is 65.6 cm³/mol. The van der Waals surface area contributed by atoms with Crippen LogP contribution in [0.2, 0.25) is 0 Å². The minimum Gasteiger partial charge on any atom is -0.382 e. The zero-order valence-electron chi connectivity index (χ0n) is 10.7. The Kier molecular flexibility index (Phi) is 12.8. The third-order valence-corrected chi connectivity index (χ3v) is 2.40. The van der Waals surface area contributed by atoms with Gasteiger partial charge < -0.3 is 19.9 Å². The molecule has 0 heterocycles. The number of hydrogen-bond donors (Lipinski definition) is 1. The maximum absolute atomic E-state index is 5.79. The molecule has 0 aromatic rings. The summed E-state index contributed by atoms with van der Waals surface area (Å²) in [5, 5.41) is 0. The highest BCUT2D eigenvalue weighted by Crippen LogP contribution is 1.98. The molecule has 0 saturated heterocycles. The summed E-state index contributed by atoms with van der Waals surface area (Å²) < 4.78 is 15.6. The van der Waals surface area contributed by atoms with Crippen molar-refractivity contribution in [2.45, 2.75) is 38.6 Å². The second-order valence-electron chi connectivity index (χ2n) is 3.88. The SMILES string of the molecule is CCC(N)CCCOCCCOCCOC. The standard InChI is InChI=1S/C12H27NO3/c1-3-12(13)6-4-7-15-8-5-9-16-11-10-14-2/h12H,3-11,13H2,1-2H3. The molecule has 0 aliphatic carbocycles. The van der Waals surface area contributed by atoms with E-state index in [1.54, 1.807) is 7.11 Å². The Labute approximate surface area is 99.4 Å². The Morgan fingerprint density at radius 1 is 0.938 bits per heavy atom. The number of hydrogen-bond acceptors (Lipinski definition) is 4. The summed E-state index contributed by atoms with van der Waals surface area (Å²) in [5.74, 6) is 0. The van der Waals surface area contributed by atoms with Gasteiger partial charge in [0.1, 0.15) is 0 Å². The number of methoxy groups -OCH3 is 1. The molecule has 4 nitrogen and oxygen atoms in total. The fourth-order valence-corrected chi connectivity index (χ4v) is 1.26. The number of ether oxygens (including phenoxy) is 3. The fourth-order valence-electron chi connectivity index (χ4n) is 1.26. The number of nitrogens with two attached hydrogens (primary N) is 1. The molecule has 0 spiro atoms. The number of rotatable bonds is 12. The zero-order valence-corrected chi connectivity index (χ0v) is 10.7. The fraction of sp³-hybridized carbons (Fsp3) is 1.00. The van der Waals surface area contributed by atoms with Crippen molar-refractivity contribution in [3.05, 3.63) is 0 Å². The average Bonchev–Trinajstić information content (AvgIpc) is 2.31. The molecule has 0 bridgehead atoms. The zero-order chi connectivity index (χ0) is 12.1. The summed E-state index contributed by atoms with van der Waals surface area (Å²) in [7, 11) is 1.67. The van der Waals surface area contributed by atoms with E-state index in [9.17, 15) is 0 Å². The third-order valence-electron chi connectivity index (χ3n) is 2.40. The lowest BCUT2D eigenvalue weighted by Crippen LogP contribution is -2.18. The molecule has 0 aliphatic rings. The Balaban J connectivity index is 2.93. The molecule has 16 heavy (non-hydrogen) atoms. The van der Waals surface area contributed by atoms with Gasteiger partial charge in [0, 0.05) is 33.0 Å². The lowest BCUT2D eigenvalue weighted by Gasteiger charge is -2.08. The molecule has 0 aromatic heterocycles. The summed E-state index contributed by atoms with van der Waals surface area (Å²) in [6.07, 6.45) is 4.11. The van der Waals surface area contributed by atoms with Crippen molar-refractivity contribution in [3.8, 4) is 0 Å². The largest absolute Gasteiger partial charge is 0.382 e. The Hall–Kier alpha value is -0.160. The van der Waals surface area contributed by atoms with Crippen molar-refractivity contribution in [1.29, 1.82) is 0 Å². The van der Waals surface area contributed by atoms with E-state index in [2.05, 4.69) is 6.92 Å². The van der Waals surface area contributed by atoms with E-state index in [1.807, 2.05) is 0 Å². The van der Waals surface area contributed by atoms with Crippen molar-refractivity contribution < 1.29 is 14.2 Å². The first-order chi connectivity index (χ1) is 7.81. The third kappa shape index (κ3) is 11.9. The van der Waals surface area contributed by atoms with Gasteiger partial charge in [-0.05, 0) is 25.7 Å². The van der Waals surface area contributed by atoms with Crippen molar-refractivity contribution in [2.24, 2.45) is 5.73 Å². The van der Waals surface area contributed by atoms with Crippen molar-refractivity contribution >= 4 is 0 Å². The minimum absolute atomic E-state index is 0.334. The monoisotopic (exact) mass is 233 g/mol. The van der Waals surface area contributed by atoms with Crippen LogP contribution in [-0.2, 0) is 14.2 Å². The van der Waals surface area contributed by atoms with Crippen LogP contribution < -0.4 is 5.73 Å². The van der Waals surface area contributed by atoms with E-state index in [0.717, 1.165) is 45.5 Å². The first kappa shape index (κ1) is 15.8. The van der Waals surface area contributed by atoms with Crippen LogP contribution in [0.4, 0.5) is 0 Å². The molecule has 0 fully saturated rings. The van der Waals surface area contributed by atoms with E-state index in [-0.39, 0.29) is 0 Å². The van der Waals surface area contributed by atoms with Gasteiger partial charge in [-0.3, -0.25) is 0 Å². The lowest BCUT2D eigenvalue weighted by atomic mass is 10.1. The topological polar surface area (TPSA) is 53.7 Å². The van der Waals surface area contributed by atoms with Gasteiger partial charge in [0.05, 0.1) is 13.2 Å². The van der Waals surface area contributed by atoms with Crippen LogP contribution in [-0.4, -0.2) is 46.2 Å². The van der Waals surface area contributed by atoms with Gasteiger partial charge in [0.2, 0.25) is 0 Å². The molecule has 1 unspecified atom stereocenters. The van der Waals surface area contributed by atoms with Gasteiger partial charge in [0.25, 0.3) is 0 Å². The molecule has 1 atom stereocenters. The van der Waals surface area contributed by atoms with Gasteiger partial charge in [-0.1, -0.05) is 6.92 Å². The quantitative estimate of drug-likeness (QED) is 0.520. The Morgan fingerprint density at radius 3 is 2.19 bits per heavy atom. The summed E-state index contributed by atoms with van der Waals surface area (Å²) in [6.45, 7) is 5.78. The maximum atomic E-state index is 5.79. The van der Waals surface area contributed by atoms with Crippen molar-refractivity contribution in [3.63, 3.8) is 0 Å². The second kappa shape index (κ2) is 12.9. The van der Waals surface area contributed by atoms with Crippen molar-refractivity contribution in [1.82, 2.24) is 0 Å². The van der Waals surface area contributed by atoms with Crippen LogP contribution in [0.15, 0.2) is 0 Å². The summed E-state index contributed by atoms with van der Waals surface area (Å²) in [6, 6.07) is 0.334. The first-order valence-corrected chi connectivity index (χ1v) is 6.21. The molecule has 4 heteroatoms. The Morgan fingerprint density at radius 2 is 1.56 bits per heavy atom. The molecule has 0 saturated carbocycles. The predicted octanol–water partition coefficient (Wildman–Crippen LogP) is 1.57. The summed E-state index contributed by atoms with van der Waals surface area (Å²) in [4.78, 5) is 0. The minimum atomic E-state index is 0.334. The van der Waals surface area contributed by atoms with Crippen LogP contribution in [0.1, 0.15) is 32.6 Å². The molecule has 0 amide bonds. The smallest absolute Gasteiger partial charge is 0.0700 e. The van der Waals surface area contributed by atoms with Crippen LogP contribution >= 0.6 is 0 Å². The van der Waals surface area contributed by atoms with Gasteiger partial charge in [-0.15, -0.1) is 0 Å². The molecule has 2 N–H and O–H groups in total. The van der Waals surface area contributed by atoms with Gasteiger partial charge in [0.15, 0.2) is 0 Å². The normalized spacial score (nSPS) is 12.9. The van der Waals surface area contributed by atoms with E-state index in [1.165, 1.54) is 0 Å². The summed E-state index contributed by atoms with van der Waals surface area (Å²) in [5.41, 5.74) is 5.79.